The van der Waals surface area contributed by atoms with Crippen LogP contribution in [0.3, 0.4) is 0 Å². The van der Waals surface area contributed by atoms with Crippen LogP contribution < -0.4 is 0 Å². The standard InChI is InChI=1S/C14H17ClN2O3/c15-10-6-7-16-12(9-10)14(20)17-8-2-1-3-11(17)4-5-13(18)19/h6-7,9,11H,1-5,8H2,(H,18,19). The van der Waals surface area contributed by atoms with Crippen molar-refractivity contribution in [2.75, 3.05) is 6.54 Å². The molecule has 0 saturated carbocycles. The van der Waals surface area contributed by atoms with E-state index in [4.69, 9.17) is 16.7 Å². The van der Waals surface area contributed by atoms with E-state index in [1.54, 1.807) is 17.0 Å². The normalized spacial score (nSPS) is 18.9. The third-order valence-corrected chi connectivity index (χ3v) is 3.76. The smallest absolute Gasteiger partial charge is 0.303 e. The predicted octanol–water partition coefficient (Wildman–Crippen LogP) is 2.59. The summed E-state index contributed by atoms with van der Waals surface area (Å²) in [6, 6.07) is 3.15. The Hall–Kier alpha value is -1.62. The van der Waals surface area contributed by atoms with Crippen LogP contribution in [0, 0.1) is 0 Å². The van der Waals surface area contributed by atoms with Crippen molar-refractivity contribution in [1.82, 2.24) is 9.88 Å². The molecule has 1 atom stereocenters. The number of carboxylic acid groups (broad SMARTS) is 1. The lowest BCUT2D eigenvalue weighted by Gasteiger charge is -2.35. The number of aromatic nitrogens is 1. The van der Waals surface area contributed by atoms with Crippen molar-refractivity contribution in [2.45, 2.75) is 38.1 Å². The van der Waals surface area contributed by atoms with Gasteiger partial charge < -0.3 is 10.0 Å². The molecule has 1 aromatic rings. The highest BCUT2D eigenvalue weighted by Crippen LogP contribution is 2.23. The second-order valence-corrected chi connectivity index (χ2v) is 5.38. The maximum absolute atomic E-state index is 12.5. The van der Waals surface area contributed by atoms with Gasteiger partial charge in [-0.05, 0) is 37.8 Å². The summed E-state index contributed by atoms with van der Waals surface area (Å²) in [5.41, 5.74) is 0.319. The molecule has 0 radical (unpaired) electrons. The third kappa shape index (κ3) is 3.70. The first-order valence-corrected chi connectivity index (χ1v) is 7.10. The molecule has 2 rings (SSSR count). The Kier molecular flexibility index (Phi) is 4.95. The van der Waals surface area contributed by atoms with Gasteiger partial charge in [-0.2, -0.15) is 0 Å². The number of pyridine rings is 1. The number of hydrogen-bond donors (Lipinski definition) is 1. The fraction of sp³-hybridized carbons (Fsp3) is 0.500. The molecule has 1 aliphatic rings. The van der Waals surface area contributed by atoms with Gasteiger partial charge in [-0.3, -0.25) is 14.6 Å². The van der Waals surface area contributed by atoms with E-state index in [0.29, 0.717) is 23.7 Å². The van der Waals surface area contributed by atoms with E-state index in [-0.39, 0.29) is 18.4 Å². The van der Waals surface area contributed by atoms with Crippen molar-refractivity contribution < 1.29 is 14.7 Å². The molecule has 108 valence electrons. The molecule has 0 aromatic carbocycles. The van der Waals surface area contributed by atoms with Crippen molar-refractivity contribution in [3.63, 3.8) is 0 Å². The quantitative estimate of drug-likeness (QED) is 0.927. The third-order valence-electron chi connectivity index (χ3n) is 3.52. The second-order valence-electron chi connectivity index (χ2n) is 4.94. The van der Waals surface area contributed by atoms with Gasteiger partial charge in [0, 0.05) is 30.2 Å². The summed E-state index contributed by atoms with van der Waals surface area (Å²) >= 11 is 5.88. The van der Waals surface area contributed by atoms with Crippen LogP contribution in [0.1, 0.15) is 42.6 Å². The highest BCUT2D eigenvalue weighted by atomic mass is 35.5. The lowest BCUT2D eigenvalue weighted by atomic mass is 9.97. The maximum atomic E-state index is 12.5. The van der Waals surface area contributed by atoms with Gasteiger partial charge in [-0.1, -0.05) is 11.6 Å². The number of nitrogens with zero attached hydrogens (tertiary/aromatic N) is 2. The van der Waals surface area contributed by atoms with E-state index in [9.17, 15) is 9.59 Å². The van der Waals surface area contributed by atoms with Crippen molar-refractivity contribution >= 4 is 23.5 Å². The second kappa shape index (κ2) is 6.70. The van der Waals surface area contributed by atoms with Crippen LogP contribution in [-0.4, -0.2) is 39.5 Å². The topological polar surface area (TPSA) is 70.5 Å². The number of carbonyl (C=O) groups is 2. The van der Waals surface area contributed by atoms with Crippen LogP contribution in [0.15, 0.2) is 18.3 Å². The van der Waals surface area contributed by atoms with Gasteiger partial charge in [0.25, 0.3) is 5.91 Å². The van der Waals surface area contributed by atoms with E-state index >= 15 is 0 Å². The average Bonchev–Trinajstić information content (AvgIpc) is 2.44. The molecule has 0 bridgehead atoms. The fourth-order valence-electron chi connectivity index (χ4n) is 2.53. The molecule has 1 N–H and O–H groups in total. The summed E-state index contributed by atoms with van der Waals surface area (Å²) in [6.45, 7) is 0.650. The first kappa shape index (κ1) is 14.8. The van der Waals surface area contributed by atoms with E-state index in [2.05, 4.69) is 4.98 Å². The molecular weight excluding hydrogens is 280 g/mol. The summed E-state index contributed by atoms with van der Waals surface area (Å²) < 4.78 is 0. The molecule has 0 spiro atoms. The molecule has 0 aliphatic carbocycles. The van der Waals surface area contributed by atoms with Gasteiger partial charge in [0.2, 0.25) is 0 Å². The Morgan fingerprint density at radius 2 is 2.25 bits per heavy atom. The Bertz CT molecular complexity index is 507. The van der Waals surface area contributed by atoms with Crippen LogP contribution in [0.2, 0.25) is 5.02 Å². The summed E-state index contributed by atoms with van der Waals surface area (Å²) in [4.78, 5) is 29.0. The zero-order chi connectivity index (χ0) is 14.5. The van der Waals surface area contributed by atoms with Gasteiger partial charge in [0.05, 0.1) is 0 Å². The van der Waals surface area contributed by atoms with E-state index in [0.717, 1.165) is 19.3 Å². The van der Waals surface area contributed by atoms with Crippen LogP contribution in [0.25, 0.3) is 0 Å². The van der Waals surface area contributed by atoms with Crippen molar-refractivity contribution in [2.24, 2.45) is 0 Å². The zero-order valence-corrected chi connectivity index (χ0v) is 11.8. The number of hydrogen-bond acceptors (Lipinski definition) is 3. The average molecular weight is 297 g/mol. The zero-order valence-electron chi connectivity index (χ0n) is 11.1. The van der Waals surface area contributed by atoms with Crippen LogP contribution in [-0.2, 0) is 4.79 Å². The Morgan fingerprint density at radius 3 is 2.95 bits per heavy atom. The maximum Gasteiger partial charge on any atom is 0.303 e. The molecule has 1 amide bonds. The van der Waals surface area contributed by atoms with Gasteiger partial charge in [-0.25, -0.2) is 0 Å². The van der Waals surface area contributed by atoms with E-state index in [1.165, 1.54) is 6.20 Å². The minimum Gasteiger partial charge on any atom is -0.481 e. The molecule has 5 nitrogen and oxygen atoms in total. The molecule has 1 saturated heterocycles. The number of carbonyl (C=O) groups excluding carboxylic acids is 1. The molecular formula is C14H17ClN2O3. The molecule has 1 unspecified atom stereocenters. The van der Waals surface area contributed by atoms with Crippen molar-refractivity contribution in [1.29, 1.82) is 0 Å². The summed E-state index contributed by atoms with van der Waals surface area (Å²) in [5, 5.41) is 9.26. The summed E-state index contributed by atoms with van der Waals surface area (Å²) in [7, 11) is 0. The van der Waals surface area contributed by atoms with Crippen molar-refractivity contribution in [3.8, 4) is 0 Å². The lowest BCUT2D eigenvalue weighted by molar-refractivity contribution is -0.137. The van der Waals surface area contributed by atoms with Crippen LogP contribution in [0.4, 0.5) is 0 Å². The van der Waals surface area contributed by atoms with Crippen molar-refractivity contribution in [3.05, 3.63) is 29.0 Å². The molecule has 1 aliphatic heterocycles. The molecule has 1 fully saturated rings. The van der Waals surface area contributed by atoms with Crippen LogP contribution in [0.5, 0.6) is 0 Å². The number of rotatable bonds is 4. The molecule has 1 aromatic heterocycles. The minimum absolute atomic E-state index is 0.0202. The Morgan fingerprint density at radius 1 is 1.45 bits per heavy atom. The fourth-order valence-corrected chi connectivity index (χ4v) is 2.69. The van der Waals surface area contributed by atoms with Gasteiger partial charge >= 0.3 is 5.97 Å². The Balaban J connectivity index is 2.10. The van der Waals surface area contributed by atoms with Gasteiger partial charge in [0.1, 0.15) is 5.69 Å². The van der Waals surface area contributed by atoms with E-state index in [1.807, 2.05) is 0 Å². The lowest BCUT2D eigenvalue weighted by Crippen LogP contribution is -2.44. The van der Waals surface area contributed by atoms with E-state index < -0.39 is 5.97 Å². The van der Waals surface area contributed by atoms with Crippen LogP contribution >= 0.6 is 11.6 Å². The van der Waals surface area contributed by atoms with Gasteiger partial charge in [0.15, 0.2) is 0 Å². The number of likely N-dealkylation sites (tertiary alicyclic amines) is 1. The number of carboxylic acids is 1. The first-order valence-electron chi connectivity index (χ1n) is 6.72. The Labute approximate surface area is 122 Å². The SMILES string of the molecule is O=C(O)CCC1CCCCN1C(=O)c1cc(Cl)ccn1. The number of piperidine rings is 1. The first-order chi connectivity index (χ1) is 9.58. The predicted molar refractivity (Wildman–Crippen MR) is 74.8 cm³/mol. The number of amides is 1. The highest BCUT2D eigenvalue weighted by molar-refractivity contribution is 6.30. The summed E-state index contributed by atoms with van der Waals surface area (Å²) in [6.07, 6.45) is 4.89. The largest absolute Gasteiger partial charge is 0.481 e. The summed E-state index contributed by atoms with van der Waals surface area (Å²) in [5.74, 6) is -0.994. The molecule has 2 heterocycles. The molecule has 20 heavy (non-hydrogen) atoms. The highest BCUT2D eigenvalue weighted by Gasteiger charge is 2.28. The minimum atomic E-state index is -0.830. The molecule has 6 heteroatoms. The number of aliphatic carboxylic acids is 1. The number of halogens is 1. The monoisotopic (exact) mass is 296 g/mol. The van der Waals surface area contributed by atoms with Gasteiger partial charge in [-0.15, -0.1) is 0 Å².